The molecule has 1 saturated heterocycles. The zero-order valence-electron chi connectivity index (χ0n) is 14.9. The van der Waals surface area contributed by atoms with E-state index in [-0.39, 0.29) is 11.8 Å². The van der Waals surface area contributed by atoms with Gasteiger partial charge in [0.05, 0.1) is 0 Å². The molecule has 1 aromatic carbocycles. The molecule has 2 rings (SSSR count). The van der Waals surface area contributed by atoms with Crippen LogP contribution in [0.5, 0.6) is 0 Å². The number of amides is 2. The van der Waals surface area contributed by atoms with Crippen LogP contribution in [0.1, 0.15) is 19.8 Å². The van der Waals surface area contributed by atoms with Gasteiger partial charge in [0.1, 0.15) is 0 Å². The van der Waals surface area contributed by atoms with Gasteiger partial charge in [0.25, 0.3) is 0 Å². The molecule has 0 radical (unpaired) electrons. The Morgan fingerprint density at radius 3 is 2.48 bits per heavy atom. The number of allylic oxidation sites excluding steroid dienone is 3. The molecule has 134 valence electrons. The standard InChI is InChI=1S/C20H27N3O2/c1-2-3-5-11-19(24)21-13-8-12-20(25)23-16-14-22(15-17-23)18-9-6-4-7-10-18/h2-7,9-11H,8,12-17H2,1H3,(H,21,24)/b3-2+,11-5+. The van der Waals surface area contributed by atoms with Crippen LogP contribution in [0.4, 0.5) is 5.69 Å². The van der Waals surface area contributed by atoms with Crippen molar-refractivity contribution in [3.8, 4) is 0 Å². The Morgan fingerprint density at radius 1 is 1.08 bits per heavy atom. The van der Waals surface area contributed by atoms with E-state index < -0.39 is 0 Å². The third-order valence-electron chi connectivity index (χ3n) is 4.17. The zero-order valence-corrected chi connectivity index (χ0v) is 14.9. The van der Waals surface area contributed by atoms with E-state index >= 15 is 0 Å². The van der Waals surface area contributed by atoms with Crippen LogP contribution in [-0.2, 0) is 9.59 Å². The summed E-state index contributed by atoms with van der Waals surface area (Å²) < 4.78 is 0. The molecule has 0 aliphatic carbocycles. The summed E-state index contributed by atoms with van der Waals surface area (Å²) in [6.07, 6.45) is 8.00. The summed E-state index contributed by atoms with van der Waals surface area (Å²) in [5.41, 5.74) is 1.21. The molecule has 1 fully saturated rings. The van der Waals surface area contributed by atoms with E-state index in [1.807, 2.05) is 36.1 Å². The van der Waals surface area contributed by atoms with Gasteiger partial charge in [-0.1, -0.05) is 36.4 Å². The van der Waals surface area contributed by atoms with Crippen LogP contribution in [0.2, 0.25) is 0 Å². The average molecular weight is 341 g/mol. The Balaban J connectivity index is 1.63. The Bertz CT molecular complexity index is 603. The smallest absolute Gasteiger partial charge is 0.243 e. The lowest BCUT2D eigenvalue weighted by Gasteiger charge is -2.36. The number of carbonyl (C=O) groups excluding carboxylic acids is 2. The molecule has 0 bridgehead atoms. The number of para-hydroxylation sites is 1. The van der Waals surface area contributed by atoms with Gasteiger partial charge in [0.2, 0.25) is 11.8 Å². The summed E-state index contributed by atoms with van der Waals surface area (Å²) in [4.78, 5) is 28.0. The summed E-state index contributed by atoms with van der Waals surface area (Å²) in [5.74, 6) is 0.0495. The Kier molecular flexibility index (Phi) is 7.76. The van der Waals surface area contributed by atoms with Crippen molar-refractivity contribution >= 4 is 17.5 Å². The fourth-order valence-corrected chi connectivity index (χ4v) is 2.78. The topological polar surface area (TPSA) is 52.7 Å². The molecule has 1 N–H and O–H groups in total. The Labute approximate surface area is 150 Å². The highest BCUT2D eigenvalue weighted by atomic mass is 16.2. The molecule has 0 atom stereocenters. The molecule has 0 saturated carbocycles. The summed E-state index contributed by atoms with van der Waals surface area (Å²) >= 11 is 0. The van der Waals surface area contributed by atoms with Crippen LogP contribution < -0.4 is 10.2 Å². The van der Waals surface area contributed by atoms with Crippen molar-refractivity contribution in [1.82, 2.24) is 10.2 Å². The molecule has 0 unspecified atom stereocenters. The minimum atomic E-state index is -0.123. The van der Waals surface area contributed by atoms with E-state index in [4.69, 9.17) is 0 Å². The van der Waals surface area contributed by atoms with E-state index in [0.29, 0.717) is 19.4 Å². The largest absolute Gasteiger partial charge is 0.368 e. The highest BCUT2D eigenvalue weighted by Gasteiger charge is 2.20. The maximum Gasteiger partial charge on any atom is 0.243 e. The van der Waals surface area contributed by atoms with Crippen LogP contribution in [0, 0.1) is 0 Å². The lowest BCUT2D eigenvalue weighted by atomic mass is 10.2. The van der Waals surface area contributed by atoms with E-state index in [1.54, 1.807) is 12.2 Å². The Hall–Kier alpha value is -2.56. The number of hydrogen-bond donors (Lipinski definition) is 1. The molecular formula is C20H27N3O2. The fourth-order valence-electron chi connectivity index (χ4n) is 2.78. The second kappa shape index (κ2) is 10.3. The Morgan fingerprint density at radius 2 is 1.80 bits per heavy atom. The first kappa shape index (κ1) is 18.8. The highest BCUT2D eigenvalue weighted by Crippen LogP contribution is 2.15. The average Bonchev–Trinajstić information content (AvgIpc) is 2.66. The van der Waals surface area contributed by atoms with Crippen LogP contribution in [0.15, 0.2) is 54.6 Å². The van der Waals surface area contributed by atoms with Crippen molar-refractivity contribution in [1.29, 1.82) is 0 Å². The molecule has 1 aromatic rings. The molecule has 1 aliphatic rings. The van der Waals surface area contributed by atoms with Crippen molar-refractivity contribution in [2.75, 3.05) is 37.6 Å². The van der Waals surface area contributed by atoms with Crippen molar-refractivity contribution in [2.24, 2.45) is 0 Å². The summed E-state index contributed by atoms with van der Waals surface area (Å²) in [6, 6.07) is 10.3. The monoisotopic (exact) mass is 341 g/mol. The number of rotatable bonds is 7. The van der Waals surface area contributed by atoms with Gasteiger partial charge >= 0.3 is 0 Å². The summed E-state index contributed by atoms with van der Waals surface area (Å²) in [6.45, 7) is 5.66. The van der Waals surface area contributed by atoms with Gasteiger partial charge in [-0.05, 0) is 25.5 Å². The predicted molar refractivity (Wildman–Crippen MR) is 101 cm³/mol. The van der Waals surface area contributed by atoms with Gasteiger partial charge in [0, 0.05) is 50.9 Å². The van der Waals surface area contributed by atoms with Crippen LogP contribution in [0.25, 0.3) is 0 Å². The van der Waals surface area contributed by atoms with E-state index in [1.165, 1.54) is 11.8 Å². The molecular weight excluding hydrogens is 314 g/mol. The van der Waals surface area contributed by atoms with E-state index in [0.717, 1.165) is 26.2 Å². The van der Waals surface area contributed by atoms with Crippen molar-refractivity contribution in [3.05, 3.63) is 54.6 Å². The second-order valence-electron chi connectivity index (χ2n) is 5.98. The first-order chi connectivity index (χ1) is 12.2. The number of benzene rings is 1. The third-order valence-corrected chi connectivity index (χ3v) is 4.17. The molecule has 25 heavy (non-hydrogen) atoms. The number of nitrogens with zero attached hydrogens (tertiary/aromatic N) is 2. The minimum absolute atomic E-state index is 0.123. The molecule has 5 heteroatoms. The number of carbonyl (C=O) groups is 2. The van der Waals surface area contributed by atoms with Crippen molar-refractivity contribution in [2.45, 2.75) is 19.8 Å². The fraction of sp³-hybridized carbons (Fsp3) is 0.400. The number of nitrogens with one attached hydrogen (secondary N) is 1. The SMILES string of the molecule is C/C=C/C=C/C(=O)NCCCC(=O)N1CCN(c2ccccc2)CC1. The molecule has 1 aliphatic heterocycles. The first-order valence-electron chi connectivity index (χ1n) is 8.85. The number of hydrogen-bond acceptors (Lipinski definition) is 3. The zero-order chi connectivity index (χ0) is 17.9. The van der Waals surface area contributed by atoms with Crippen LogP contribution in [0.3, 0.4) is 0 Å². The molecule has 2 amide bonds. The summed E-state index contributed by atoms with van der Waals surface area (Å²) in [7, 11) is 0. The van der Waals surface area contributed by atoms with Crippen LogP contribution >= 0.6 is 0 Å². The van der Waals surface area contributed by atoms with E-state index in [2.05, 4.69) is 22.3 Å². The quantitative estimate of drug-likeness (QED) is 0.471. The highest BCUT2D eigenvalue weighted by molar-refractivity contribution is 5.87. The van der Waals surface area contributed by atoms with Gasteiger partial charge in [-0.15, -0.1) is 0 Å². The summed E-state index contributed by atoms with van der Waals surface area (Å²) in [5, 5.41) is 2.79. The van der Waals surface area contributed by atoms with Gasteiger partial charge in [-0.25, -0.2) is 0 Å². The second-order valence-corrected chi connectivity index (χ2v) is 5.98. The molecule has 0 spiro atoms. The minimum Gasteiger partial charge on any atom is -0.368 e. The van der Waals surface area contributed by atoms with Gasteiger partial charge in [0.15, 0.2) is 0 Å². The molecule has 1 heterocycles. The normalized spacial score (nSPS) is 15.1. The lowest BCUT2D eigenvalue weighted by Crippen LogP contribution is -2.48. The van der Waals surface area contributed by atoms with Gasteiger partial charge < -0.3 is 15.1 Å². The van der Waals surface area contributed by atoms with E-state index in [9.17, 15) is 9.59 Å². The lowest BCUT2D eigenvalue weighted by molar-refractivity contribution is -0.131. The van der Waals surface area contributed by atoms with Gasteiger partial charge in [-0.2, -0.15) is 0 Å². The maximum absolute atomic E-state index is 12.3. The maximum atomic E-state index is 12.3. The van der Waals surface area contributed by atoms with Crippen molar-refractivity contribution < 1.29 is 9.59 Å². The first-order valence-corrected chi connectivity index (χ1v) is 8.85. The number of anilines is 1. The predicted octanol–water partition coefficient (Wildman–Crippen LogP) is 2.36. The third kappa shape index (κ3) is 6.45. The van der Waals surface area contributed by atoms with Gasteiger partial charge in [-0.3, -0.25) is 9.59 Å². The van der Waals surface area contributed by atoms with Crippen LogP contribution in [-0.4, -0.2) is 49.4 Å². The molecule has 5 nitrogen and oxygen atoms in total. The van der Waals surface area contributed by atoms with Crippen molar-refractivity contribution in [3.63, 3.8) is 0 Å². The molecule has 0 aromatic heterocycles. The number of piperazine rings is 1.